The number of rotatable bonds is 6. The van der Waals surface area contributed by atoms with Crippen LogP contribution in [0.25, 0.3) is 0 Å². The summed E-state index contributed by atoms with van der Waals surface area (Å²) in [4.78, 5) is 15.2. The maximum Gasteiger partial charge on any atom is 0.166 e. The van der Waals surface area contributed by atoms with Gasteiger partial charge in [0.1, 0.15) is 25.6 Å². The molecule has 1 fully saturated rings. The average Bonchev–Trinajstić information content (AvgIpc) is 2.79. The molecule has 6 nitrogen and oxygen atoms in total. The number of carbonyl (C=O) groups is 1. The predicted molar refractivity (Wildman–Crippen MR) is 108 cm³/mol. The highest BCUT2D eigenvalue weighted by Crippen LogP contribution is 2.32. The van der Waals surface area contributed by atoms with Crippen LogP contribution in [0.2, 0.25) is 0 Å². The highest BCUT2D eigenvalue weighted by Gasteiger charge is 2.26. The van der Waals surface area contributed by atoms with Gasteiger partial charge in [0.05, 0.1) is 11.6 Å². The van der Waals surface area contributed by atoms with Gasteiger partial charge in [-0.05, 0) is 68.4 Å². The van der Waals surface area contributed by atoms with Crippen molar-refractivity contribution in [2.45, 2.75) is 12.8 Å². The maximum atomic E-state index is 12.9. The number of ketones is 1. The minimum atomic E-state index is 0.0493. The van der Waals surface area contributed by atoms with Gasteiger partial charge in [0.25, 0.3) is 0 Å². The van der Waals surface area contributed by atoms with E-state index in [4.69, 9.17) is 19.5 Å². The van der Waals surface area contributed by atoms with E-state index in [1.54, 1.807) is 12.1 Å². The van der Waals surface area contributed by atoms with Gasteiger partial charge in [0, 0.05) is 18.0 Å². The molecule has 0 N–H and O–H groups in total. The number of ether oxygens (including phenoxy) is 3. The third kappa shape index (κ3) is 4.69. The summed E-state index contributed by atoms with van der Waals surface area (Å²) in [5, 5.41) is 8.83. The molecule has 2 aliphatic heterocycles. The Bertz CT molecular complexity index is 896. The van der Waals surface area contributed by atoms with E-state index in [1.807, 2.05) is 30.3 Å². The van der Waals surface area contributed by atoms with Crippen molar-refractivity contribution in [2.24, 2.45) is 5.92 Å². The van der Waals surface area contributed by atoms with Gasteiger partial charge in [-0.3, -0.25) is 9.69 Å². The summed E-state index contributed by atoms with van der Waals surface area (Å²) in [6.07, 6.45) is 1.70. The molecule has 0 saturated carbocycles. The fourth-order valence-corrected chi connectivity index (χ4v) is 3.77. The number of carbonyl (C=O) groups excluding carboxylic acids is 1. The predicted octanol–water partition coefficient (Wildman–Crippen LogP) is 3.30. The van der Waals surface area contributed by atoms with Gasteiger partial charge in [0.15, 0.2) is 17.3 Å². The molecule has 0 aromatic heterocycles. The minimum Gasteiger partial charge on any atom is -0.492 e. The Labute approximate surface area is 170 Å². The monoisotopic (exact) mass is 392 g/mol. The first-order chi connectivity index (χ1) is 14.2. The molecule has 0 amide bonds. The Balaban J connectivity index is 1.23. The van der Waals surface area contributed by atoms with Crippen LogP contribution in [0.5, 0.6) is 17.2 Å². The van der Waals surface area contributed by atoms with Gasteiger partial charge in [0.2, 0.25) is 0 Å². The van der Waals surface area contributed by atoms with Crippen LogP contribution in [0.1, 0.15) is 28.8 Å². The van der Waals surface area contributed by atoms with Crippen LogP contribution in [-0.2, 0) is 0 Å². The molecule has 0 spiro atoms. The number of nitrogens with zero attached hydrogens (tertiary/aromatic N) is 2. The number of piperidine rings is 1. The lowest BCUT2D eigenvalue weighted by Crippen LogP contribution is -2.38. The smallest absolute Gasteiger partial charge is 0.166 e. The number of hydrogen-bond acceptors (Lipinski definition) is 6. The zero-order chi connectivity index (χ0) is 20.1. The van der Waals surface area contributed by atoms with Crippen LogP contribution >= 0.6 is 0 Å². The summed E-state index contributed by atoms with van der Waals surface area (Å²) in [5.74, 6) is 2.39. The number of benzene rings is 2. The van der Waals surface area contributed by atoms with E-state index in [9.17, 15) is 4.79 Å². The molecule has 0 unspecified atom stereocenters. The van der Waals surface area contributed by atoms with E-state index in [2.05, 4.69) is 11.0 Å². The largest absolute Gasteiger partial charge is 0.492 e. The van der Waals surface area contributed by atoms with Crippen molar-refractivity contribution >= 4 is 5.78 Å². The Morgan fingerprint density at radius 3 is 2.52 bits per heavy atom. The molecule has 0 atom stereocenters. The fraction of sp³-hybridized carbons (Fsp3) is 0.391. The second-order valence-corrected chi connectivity index (χ2v) is 7.32. The molecule has 2 aromatic rings. The molecule has 2 heterocycles. The van der Waals surface area contributed by atoms with Gasteiger partial charge in [-0.2, -0.15) is 5.26 Å². The number of fused-ring (bicyclic) bond motifs is 1. The van der Waals surface area contributed by atoms with Gasteiger partial charge >= 0.3 is 0 Å². The van der Waals surface area contributed by atoms with Crippen LogP contribution in [0.15, 0.2) is 42.5 Å². The van der Waals surface area contributed by atoms with Gasteiger partial charge in [-0.1, -0.05) is 0 Å². The third-order valence-corrected chi connectivity index (χ3v) is 5.44. The molecular weight excluding hydrogens is 368 g/mol. The molecular formula is C23H24N2O4. The summed E-state index contributed by atoms with van der Waals surface area (Å²) < 4.78 is 16.9. The molecule has 29 heavy (non-hydrogen) atoms. The van der Waals surface area contributed by atoms with E-state index in [1.165, 1.54) is 0 Å². The quantitative estimate of drug-likeness (QED) is 0.703. The second kappa shape index (κ2) is 8.97. The van der Waals surface area contributed by atoms with Gasteiger partial charge < -0.3 is 14.2 Å². The number of hydrogen-bond donors (Lipinski definition) is 0. The van der Waals surface area contributed by atoms with E-state index in [0.717, 1.165) is 38.2 Å². The summed E-state index contributed by atoms with van der Waals surface area (Å²) in [7, 11) is 0. The zero-order valence-corrected chi connectivity index (χ0v) is 16.3. The fourth-order valence-electron chi connectivity index (χ4n) is 3.77. The van der Waals surface area contributed by atoms with Gasteiger partial charge in [-0.15, -0.1) is 0 Å². The first-order valence-corrected chi connectivity index (χ1v) is 10.0. The van der Waals surface area contributed by atoms with Crippen molar-refractivity contribution in [3.8, 4) is 23.3 Å². The van der Waals surface area contributed by atoms with E-state index in [0.29, 0.717) is 42.4 Å². The van der Waals surface area contributed by atoms with Gasteiger partial charge in [-0.25, -0.2) is 0 Å². The first-order valence-electron chi connectivity index (χ1n) is 10.0. The Morgan fingerprint density at radius 1 is 1.07 bits per heavy atom. The summed E-state index contributed by atoms with van der Waals surface area (Å²) in [6.45, 7) is 4.26. The molecule has 2 aliphatic rings. The SMILES string of the molecule is N#Cc1ccc(OCCN2CCC(C(=O)c3ccc4c(c3)OCCO4)CC2)cc1. The van der Waals surface area contributed by atoms with Crippen molar-refractivity contribution in [2.75, 3.05) is 39.5 Å². The molecule has 0 aliphatic carbocycles. The first kappa shape index (κ1) is 19.3. The lowest BCUT2D eigenvalue weighted by Gasteiger charge is -2.31. The van der Waals surface area contributed by atoms with E-state index < -0.39 is 0 Å². The highest BCUT2D eigenvalue weighted by molar-refractivity contribution is 5.98. The second-order valence-electron chi connectivity index (χ2n) is 7.32. The van der Waals surface area contributed by atoms with Crippen molar-refractivity contribution in [1.82, 2.24) is 4.90 Å². The van der Waals surface area contributed by atoms with E-state index in [-0.39, 0.29) is 11.7 Å². The van der Waals surface area contributed by atoms with Crippen LogP contribution in [0.3, 0.4) is 0 Å². The van der Waals surface area contributed by atoms with Crippen molar-refractivity contribution in [3.63, 3.8) is 0 Å². The topological polar surface area (TPSA) is 71.8 Å². The van der Waals surface area contributed by atoms with Crippen molar-refractivity contribution in [3.05, 3.63) is 53.6 Å². The molecule has 150 valence electrons. The minimum absolute atomic E-state index is 0.0493. The van der Waals surface area contributed by atoms with Crippen molar-refractivity contribution in [1.29, 1.82) is 5.26 Å². The van der Waals surface area contributed by atoms with Crippen LogP contribution in [0.4, 0.5) is 0 Å². The summed E-state index contributed by atoms with van der Waals surface area (Å²) in [5.41, 5.74) is 1.33. The zero-order valence-electron chi connectivity index (χ0n) is 16.3. The maximum absolute atomic E-state index is 12.9. The lowest BCUT2D eigenvalue weighted by molar-refractivity contribution is 0.0826. The molecule has 4 rings (SSSR count). The Morgan fingerprint density at radius 2 is 1.79 bits per heavy atom. The molecule has 0 bridgehead atoms. The number of likely N-dealkylation sites (tertiary alicyclic amines) is 1. The highest BCUT2D eigenvalue weighted by atomic mass is 16.6. The summed E-state index contributed by atoms with van der Waals surface area (Å²) >= 11 is 0. The third-order valence-electron chi connectivity index (χ3n) is 5.44. The standard InChI is InChI=1S/C23H24N2O4/c24-16-17-1-4-20(5-2-17)27-12-11-25-9-7-18(8-10-25)23(26)19-3-6-21-22(15-19)29-14-13-28-21/h1-6,15,18H,7-14H2. The normalized spacial score (nSPS) is 16.8. The Kier molecular flexibility index (Phi) is 5.97. The van der Waals surface area contributed by atoms with Crippen molar-refractivity contribution < 1.29 is 19.0 Å². The molecule has 1 saturated heterocycles. The number of nitriles is 1. The van der Waals surface area contributed by atoms with Crippen LogP contribution in [0, 0.1) is 17.2 Å². The molecule has 6 heteroatoms. The summed E-state index contributed by atoms with van der Waals surface area (Å²) in [6, 6.07) is 14.7. The van der Waals surface area contributed by atoms with Crippen LogP contribution < -0.4 is 14.2 Å². The number of Topliss-reactive ketones (excluding diaryl/α,β-unsaturated/α-hetero) is 1. The molecule has 0 radical (unpaired) electrons. The molecule has 2 aromatic carbocycles. The van der Waals surface area contributed by atoms with Crippen LogP contribution in [-0.4, -0.2) is 50.1 Å². The average molecular weight is 392 g/mol. The Hall–Kier alpha value is -3.04. The lowest BCUT2D eigenvalue weighted by atomic mass is 9.88. The van der Waals surface area contributed by atoms with E-state index >= 15 is 0 Å².